The molecule has 0 spiro atoms. The van der Waals surface area contributed by atoms with Gasteiger partial charge < -0.3 is 5.11 Å². The van der Waals surface area contributed by atoms with Crippen molar-refractivity contribution in [3.8, 4) is 5.88 Å². The number of nitrogens with zero attached hydrogens (tertiary/aromatic N) is 2. The van der Waals surface area contributed by atoms with Gasteiger partial charge in [0.2, 0.25) is 5.88 Å². The average molecular weight is 224 g/mol. The summed E-state index contributed by atoms with van der Waals surface area (Å²) >= 11 is 1.51. The minimum Gasteiger partial charge on any atom is -0.493 e. The number of hydrogen-bond donors (Lipinski definition) is 1. The van der Waals surface area contributed by atoms with E-state index in [4.69, 9.17) is 0 Å². The van der Waals surface area contributed by atoms with Crippen LogP contribution in [0.2, 0.25) is 0 Å². The van der Waals surface area contributed by atoms with Gasteiger partial charge in [0.05, 0.1) is 5.56 Å². The Morgan fingerprint density at radius 2 is 2.47 bits per heavy atom. The minimum absolute atomic E-state index is 0.135. The van der Waals surface area contributed by atoms with Crippen molar-refractivity contribution in [2.75, 3.05) is 5.75 Å². The second-order valence-electron chi connectivity index (χ2n) is 3.35. The first-order chi connectivity index (χ1) is 7.24. The van der Waals surface area contributed by atoms with Gasteiger partial charge in [0, 0.05) is 18.7 Å². The summed E-state index contributed by atoms with van der Waals surface area (Å²) < 4.78 is 1.63. The van der Waals surface area contributed by atoms with Crippen LogP contribution in [0.25, 0.3) is 0 Å². The molecular formula is C10H12N2O2S. The molecule has 2 rings (SSSR count). The molecule has 0 aliphatic carbocycles. The molecule has 1 aliphatic rings. The molecular weight excluding hydrogens is 212 g/mol. The largest absolute Gasteiger partial charge is 0.493 e. The Balaban J connectivity index is 2.59. The monoisotopic (exact) mass is 224 g/mol. The summed E-state index contributed by atoms with van der Waals surface area (Å²) in [6, 6.07) is 0. The van der Waals surface area contributed by atoms with Crippen molar-refractivity contribution in [2.45, 2.75) is 24.5 Å². The topological polar surface area (TPSA) is 55.1 Å². The Bertz CT molecular complexity index is 453. The number of aromatic hydroxyl groups is 1. The summed E-state index contributed by atoms with van der Waals surface area (Å²) in [6.45, 7) is 4.25. The fourth-order valence-electron chi connectivity index (χ4n) is 1.58. The van der Waals surface area contributed by atoms with E-state index in [1.807, 2.05) is 0 Å². The minimum atomic E-state index is -0.152. The molecule has 0 radical (unpaired) electrons. The van der Waals surface area contributed by atoms with Crippen molar-refractivity contribution in [1.82, 2.24) is 9.55 Å². The smallest absolute Gasteiger partial charge is 0.261 e. The Hall–Kier alpha value is -1.23. The molecule has 5 heteroatoms. The van der Waals surface area contributed by atoms with Gasteiger partial charge in [0.25, 0.3) is 5.56 Å². The number of allylic oxidation sites excluding steroid dienone is 1. The molecule has 0 atom stereocenters. The van der Waals surface area contributed by atoms with Gasteiger partial charge in [-0.2, -0.15) is 4.98 Å². The number of fused-ring (bicyclic) bond motifs is 1. The lowest BCUT2D eigenvalue weighted by molar-refractivity contribution is 0.421. The Morgan fingerprint density at radius 1 is 1.67 bits per heavy atom. The van der Waals surface area contributed by atoms with Crippen LogP contribution in [0.3, 0.4) is 0 Å². The molecule has 1 aromatic rings. The molecule has 0 saturated carbocycles. The quantitative estimate of drug-likeness (QED) is 0.605. The maximum Gasteiger partial charge on any atom is 0.261 e. The van der Waals surface area contributed by atoms with Crippen molar-refractivity contribution in [3.63, 3.8) is 0 Å². The predicted molar refractivity (Wildman–Crippen MR) is 59.4 cm³/mol. The van der Waals surface area contributed by atoms with E-state index in [1.54, 1.807) is 10.6 Å². The highest BCUT2D eigenvalue weighted by atomic mass is 32.2. The Labute approximate surface area is 91.7 Å². The van der Waals surface area contributed by atoms with Crippen molar-refractivity contribution in [1.29, 1.82) is 0 Å². The normalized spacial score (nSPS) is 14.7. The van der Waals surface area contributed by atoms with Gasteiger partial charge in [-0.25, -0.2) is 0 Å². The first-order valence-electron chi connectivity index (χ1n) is 4.80. The fraction of sp³-hybridized carbons (Fsp3) is 0.400. The summed E-state index contributed by atoms with van der Waals surface area (Å²) in [5, 5.41) is 10.2. The number of thioether (sulfide) groups is 1. The number of aromatic nitrogens is 2. The summed E-state index contributed by atoms with van der Waals surface area (Å²) in [5.41, 5.74) is 0.209. The molecule has 1 aliphatic heterocycles. The van der Waals surface area contributed by atoms with Gasteiger partial charge in [-0.05, 0) is 6.42 Å². The van der Waals surface area contributed by atoms with Gasteiger partial charge in [0.15, 0.2) is 5.16 Å². The van der Waals surface area contributed by atoms with Crippen molar-refractivity contribution >= 4 is 11.8 Å². The molecule has 4 nitrogen and oxygen atoms in total. The van der Waals surface area contributed by atoms with Crippen LogP contribution >= 0.6 is 11.8 Å². The molecule has 0 unspecified atom stereocenters. The molecule has 80 valence electrons. The fourth-order valence-corrected chi connectivity index (χ4v) is 2.52. The van der Waals surface area contributed by atoms with E-state index in [-0.39, 0.29) is 11.4 Å². The number of rotatable bonds is 2. The van der Waals surface area contributed by atoms with Gasteiger partial charge in [0.1, 0.15) is 0 Å². The van der Waals surface area contributed by atoms with E-state index in [2.05, 4.69) is 11.6 Å². The van der Waals surface area contributed by atoms with Crippen LogP contribution in [0.4, 0.5) is 0 Å². The van der Waals surface area contributed by atoms with Crippen LogP contribution in [0, 0.1) is 0 Å². The lowest BCUT2D eigenvalue weighted by Gasteiger charge is -2.17. The Kier molecular flexibility index (Phi) is 2.81. The maximum absolute atomic E-state index is 11.9. The summed E-state index contributed by atoms with van der Waals surface area (Å²) in [7, 11) is 0. The Morgan fingerprint density at radius 3 is 3.20 bits per heavy atom. The molecule has 0 bridgehead atoms. The highest BCUT2D eigenvalue weighted by Gasteiger charge is 2.17. The first kappa shape index (κ1) is 10.3. The zero-order chi connectivity index (χ0) is 10.8. The molecule has 0 saturated heterocycles. The van der Waals surface area contributed by atoms with Crippen LogP contribution in [0.15, 0.2) is 22.6 Å². The summed E-state index contributed by atoms with van der Waals surface area (Å²) in [6.07, 6.45) is 2.93. The number of hydrogen-bond acceptors (Lipinski definition) is 4. The predicted octanol–water partition coefficient (Wildman–Crippen LogP) is 1.17. The van der Waals surface area contributed by atoms with Crippen molar-refractivity contribution < 1.29 is 5.11 Å². The molecule has 0 fully saturated rings. The third-order valence-corrected chi connectivity index (χ3v) is 3.37. The lowest BCUT2D eigenvalue weighted by atomic mass is 10.2. The van der Waals surface area contributed by atoms with Gasteiger partial charge in [-0.1, -0.05) is 17.8 Å². The maximum atomic E-state index is 11.9. The van der Waals surface area contributed by atoms with E-state index in [9.17, 15) is 9.90 Å². The zero-order valence-corrected chi connectivity index (χ0v) is 9.09. The van der Waals surface area contributed by atoms with Gasteiger partial charge in [-0.15, -0.1) is 6.58 Å². The van der Waals surface area contributed by atoms with E-state index in [1.165, 1.54) is 11.8 Å². The van der Waals surface area contributed by atoms with Crippen LogP contribution < -0.4 is 5.56 Å². The van der Waals surface area contributed by atoms with Crippen LogP contribution in [0.5, 0.6) is 5.88 Å². The average Bonchev–Trinajstić information content (AvgIpc) is 2.24. The van der Waals surface area contributed by atoms with E-state index < -0.39 is 0 Å². The summed E-state index contributed by atoms with van der Waals surface area (Å²) in [5.74, 6) is 0.799. The highest BCUT2D eigenvalue weighted by molar-refractivity contribution is 7.99. The third-order valence-electron chi connectivity index (χ3n) is 2.31. The van der Waals surface area contributed by atoms with E-state index in [0.717, 1.165) is 12.2 Å². The molecule has 1 N–H and O–H groups in total. The summed E-state index contributed by atoms with van der Waals surface area (Å²) in [4.78, 5) is 16.0. The van der Waals surface area contributed by atoms with Crippen LogP contribution in [-0.4, -0.2) is 20.4 Å². The standard InChI is InChI=1S/C10H12N2O2S/c1-2-4-7-8(13)11-10-12(9(7)14)5-3-6-15-10/h2,13H,1,3-6H2. The van der Waals surface area contributed by atoms with Crippen molar-refractivity contribution in [2.24, 2.45) is 0 Å². The van der Waals surface area contributed by atoms with Crippen LogP contribution in [0.1, 0.15) is 12.0 Å². The molecule has 1 aromatic heterocycles. The third kappa shape index (κ3) is 1.79. The molecule has 0 amide bonds. The second-order valence-corrected chi connectivity index (χ2v) is 4.41. The van der Waals surface area contributed by atoms with E-state index >= 15 is 0 Å². The molecule has 0 aromatic carbocycles. The van der Waals surface area contributed by atoms with Gasteiger partial charge in [-0.3, -0.25) is 9.36 Å². The van der Waals surface area contributed by atoms with Gasteiger partial charge >= 0.3 is 0 Å². The SMILES string of the molecule is C=CCc1c(O)nc2n(c1=O)CCCS2. The highest BCUT2D eigenvalue weighted by Crippen LogP contribution is 2.24. The second kappa shape index (κ2) is 4.10. The molecule has 15 heavy (non-hydrogen) atoms. The van der Waals surface area contributed by atoms with E-state index in [0.29, 0.717) is 23.7 Å². The zero-order valence-electron chi connectivity index (χ0n) is 8.27. The molecule has 2 heterocycles. The van der Waals surface area contributed by atoms with Crippen molar-refractivity contribution in [3.05, 3.63) is 28.6 Å². The van der Waals surface area contributed by atoms with Crippen LogP contribution in [-0.2, 0) is 13.0 Å². The first-order valence-corrected chi connectivity index (χ1v) is 5.79. The lowest BCUT2D eigenvalue weighted by Crippen LogP contribution is -2.28.